The molecule has 0 aromatic heterocycles. The fourth-order valence-electron chi connectivity index (χ4n) is 12.9. The van der Waals surface area contributed by atoms with Crippen molar-refractivity contribution in [2.45, 2.75) is 87.6 Å². The number of benzene rings is 1. The molecule has 7 aliphatic rings. The van der Waals surface area contributed by atoms with Gasteiger partial charge in [-0.25, -0.2) is 9.69 Å². The van der Waals surface area contributed by atoms with Crippen LogP contribution in [0.25, 0.3) is 0 Å². The van der Waals surface area contributed by atoms with Gasteiger partial charge < -0.3 is 34.3 Å². The van der Waals surface area contributed by atoms with Gasteiger partial charge in [0, 0.05) is 75.2 Å². The number of esters is 1. The maximum Gasteiger partial charge on any atom is 0.340 e. The Kier molecular flexibility index (Phi) is 7.35. The molecular formula is C36H48N2O10. The summed E-state index contributed by atoms with van der Waals surface area (Å²) in [5.74, 6) is -2.94. The maximum atomic E-state index is 14.0. The molecule has 12 nitrogen and oxygen atoms in total. The van der Waals surface area contributed by atoms with Crippen molar-refractivity contribution in [1.82, 2.24) is 4.90 Å². The van der Waals surface area contributed by atoms with Gasteiger partial charge >= 0.3 is 5.97 Å². The second-order valence-electron chi connectivity index (χ2n) is 15.7. The number of methoxy groups -OCH3 is 3. The quantitative estimate of drug-likeness (QED) is 0.272. The highest BCUT2D eigenvalue weighted by atomic mass is 16.5. The number of fused-ring (bicyclic) bond motifs is 2. The second kappa shape index (κ2) is 10.8. The monoisotopic (exact) mass is 668 g/mol. The van der Waals surface area contributed by atoms with Crippen molar-refractivity contribution in [3.8, 4) is 0 Å². The van der Waals surface area contributed by atoms with E-state index in [0.717, 1.165) is 4.90 Å². The number of hydrogen-bond acceptors (Lipinski definition) is 11. The van der Waals surface area contributed by atoms with Crippen LogP contribution in [0.2, 0.25) is 0 Å². The highest BCUT2D eigenvalue weighted by Crippen LogP contribution is 2.80. The van der Waals surface area contributed by atoms with Gasteiger partial charge in [0.15, 0.2) is 0 Å². The van der Waals surface area contributed by atoms with Crippen LogP contribution in [0.15, 0.2) is 24.3 Å². The van der Waals surface area contributed by atoms with Gasteiger partial charge in [-0.3, -0.25) is 14.5 Å². The number of nitrogens with zero attached hydrogens (tertiary/aromatic N) is 2. The van der Waals surface area contributed by atoms with Gasteiger partial charge in [0.05, 0.1) is 48.3 Å². The van der Waals surface area contributed by atoms with Crippen LogP contribution in [0.3, 0.4) is 0 Å². The van der Waals surface area contributed by atoms with Gasteiger partial charge in [0.1, 0.15) is 11.2 Å². The van der Waals surface area contributed by atoms with Crippen LogP contribution in [0.4, 0.5) is 5.69 Å². The summed E-state index contributed by atoms with van der Waals surface area (Å²) in [6, 6.07) is 5.91. The molecule has 2 heterocycles. The molecule has 48 heavy (non-hydrogen) atoms. The largest absolute Gasteiger partial charge is 0.461 e. The summed E-state index contributed by atoms with van der Waals surface area (Å²) in [6.45, 7) is 4.71. The van der Waals surface area contributed by atoms with Gasteiger partial charge in [0.2, 0.25) is 11.8 Å². The zero-order valence-electron chi connectivity index (χ0n) is 28.3. The molecule has 7 fully saturated rings. The molecule has 0 radical (unpaired) electrons. The fourth-order valence-corrected chi connectivity index (χ4v) is 12.9. The maximum absolute atomic E-state index is 14.0. The number of ether oxygens (including phenoxy) is 4. The number of anilines is 1. The van der Waals surface area contributed by atoms with E-state index in [1.807, 2.05) is 6.92 Å². The van der Waals surface area contributed by atoms with E-state index in [0.29, 0.717) is 32.4 Å². The van der Waals surface area contributed by atoms with Gasteiger partial charge in [-0.1, -0.05) is 26.0 Å². The number of likely N-dealkylation sites (tertiary alicyclic amines) is 1. The summed E-state index contributed by atoms with van der Waals surface area (Å²) in [5.41, 5.74) is -4.67. The molecule has 7 bridgehead atoms. The first-order chi connectivity index (χ1) is 22.9. The Bertz CT molecular complexity index is 1540. The number of carbonyl (C=O) groups is 3. The number of carbonyl (C=O) groups excluding carboxylic acids is 3. The lowest BCUT2D eigenvalue weighted by molar-refractivity contribution is -0.318. The van der Waals surface area contributed by atoms with Gasteiger partial charge in [-0.05, 0) is 43.9 Å². The minimum atomic E-state index is -1.77. The minimum Gasteiger partial charge on any atom is -0.461 e. The normalized spacial score (nSPS) is 48.7. The molecule has 8 rings (SSSR count). The lowest BCUT2D eigenvalue weighted by Crippen LogP contribution is -2.82. The minimum absolute atomic E-state index is 0.0130. The Morgan fingerprint density at radius 1 is 1.08 bits per heavy atom. The standard InChI is InChI=1S/C36H48N2O10/c1-6-37-16-33(17-48-31(42)19-9-7-8-10-22(19)38-25(40)13-18(2)30(38)41)12-11-24(39)35-21-14-20-23(45-3)15-34(43,26(21)27(20)46-4)36(44,32(35)37)29(47-5)28(33)35/h7-10,18,20-21,23-24,26-29,32,39,43-44H,6,11-17H2,1-5H3/t18-,20+,21+,23-,24-,26+,27-,28+,29-,32+,33-,34+,35-,36-/m0/s1. The summed E-state index contributed by atoms with van der Waals surface area (Å²) in [6.07, 6.45) is -0.440. The van der Waals surface area contributed by atoms with Crippen LogP contribution in [0.1, 0.15) is 56.3 Å². The second-order valence-corrected chi connectivity index (χ2v) is 15.7. The van der Waals surface area contributed by atoms with Gasteiger partial charge in [-0.15, -0.1) is 0 Å². The summed E-state index contributed by atoms with van der Waals surface area (Å²) >= 11 is 0. The van der Waals surface area contributed by atoms with E-state index in [1.165, 1.54) is 0 Å². The van der Waals surface area contributed by atoms with Crippen molar-refractivity contribution in [3.63, 3.8) is 0 Å². The highest BCUT2D eigenvalue weighted by molar-refractivity contribution is 6.22. The average molecular weight is 669 g/mol. The molecule has 1 spiro atoms. The van der Waals surface area contributed by atoms with E-state index >= 15 is 0 Å². The smallest absolute Gasteiger partial charge is 0.340 e. The van der Waals surface area contributed by atoms with E-state index in [1.54, 1.807) is 52.5 Å². The van der Waals surface area contributed by atoms with Crippen molar-refractivity contribution >= 4 is 23.5 Å². The number of rotatable bonds is 8. The lowest BCUT2D eigenvalue weighted by Gasteiger charge is -2.69. The Labute approximate surface area is 280 Å². The molecule has 5 aliphatic carbocycles. The van der Waals surface area contributed by atoms with Crippen molar-refractivity contribution in [1.29, 1.82) is 0 Å². The average Bonchev–Trinajstić information content (AvgIpc) is 3.61. The third-order valence-electron chi connectivity index (χ3n) is 14.3. The molecule has 12 heteroatoms. The number of aliphatic hydroxyl groups excluding tert-OH is 1. The summed E-state index contributed by atoms with van der Waals surface area (Å²) < 4.78 is 24.6. The number of likely N-dealkylation sites (N-methyl/N-ethyl adjacent to an activating group) is 1. The molecule has 1 aromatic carbocycles. The summed E-state index contributed by atoms with van der Waals surface area (Å²) in [7, 11) is 4.84. The molecular weight excluding hydrogens is 620 g/mol. The lowest BCUT2D eigenvalue weighted by atomic mass is 9.42. The summed E-state index contributed by atoms with van der Waals surface area (Å²) in [5, 5.41) is 38.6. The molecule has 2 aliphatic heterocycles. The zero-order chi connectivity index (χ0) is 34.1. The number of piperidine rings is 1. The zero-order valence-corrected chi connectivity index (χ0v) is 28.3. The SMILES string of the molecule is CCN1C[C@]2(COC(=O)c3ccccc3N3C(=O)C[C@H](C)C3=O)CC[C@H](O)[C@]34[C@@H]5C[C@H]6[C@H](OC)[C@@H]5[C@](O)(C[C@@H]6OC)[C@@](O)([C@H]13)[C@@H](OC)[C@H]24. The van der Waals surface area contributed by atoms with Crippen LogP contribution >= 0.6 is 0 Å². The molecule has 14 atom stereocenters. The van der Waals surface area contributed by atoms with Crippen LogP contribution in [-0.2, 0) is 28.5 Å². The Morgan fingerprint density at radius 3 is 2.48 bits per heavy atom. The number of amides is 2. The topological polar surface area (TPSA) is 155 Å². The highest BCUT2D eigenvalue weighted by Gasteiger charge is 2.91. The molecule has 2 saturated heterocycles. The Balaban J connectivity index is 1.22. The predicted molar refractivity (Wildman–Crippen MR) is 170 cm³/mol. The number of aliphatic hydroxyl groups is 3. The van der Waals surface area contributed by atoms with Crippen LogP contribution < -0.4 is 4.90 Å². The van der Waals surface area contributed by atoms with E-state index in [9.17, 15) is 29.7 Å². The van der Waals surface area contributed by atoms with E-state index in [4.69, 9.17) is 18.9 Å². The van der Waals surface area contributed by atoms with Crippen LogP contribution in [0.5, 0.6) is 0 Å². The molecule has 262 valence electrons. The molecule has 0 unspecified atom stereocenters. The van der Waals surface area contributed by atoms with Crippen molar-refractivity contribution in [2.75, 3.05) is 45.9 Å². The molecule has 1 aromatic rings. The van der Waals surface area contributed by atoms with E-state index < -0.39 is 64.0 Å². The first-order valence-corrected chi connectivity index (χ1v) is 17.5. The fraction of sp³-hybridized carbons (Fsp3) is 0.750. The summed E-state index contributed by atoms with van der Waals surface area (Å²) in [4.78, 5) is 43.0. The van der Waals surface area contributed by atoms with Gasteiger partial charge in [0.25, 0.3) is 0 Å². The van der Waals surface area contributed by atoms with E-state index in [2.05, 4.69) is 4.90 Å². The first kappa shape index (κ1) is 32.7. The van der Waals surface area contributed by atoms with Crippen molar-refractivity contribution in [2.24, 2.45) is 40.4 Å². The van der Waals surface area contributed by atoms with Crippen LogP contribution in [-0.4, -0.2) is 121 Å². The van der Waals surface area contributed by atoms with Crippen molar-refractivity contribution in [3.05, 3.63) is 29.8 Å². The van der Waals surface area contributed by atoms with Gasteiger partial charge in [-0.2, -0.15) is 0 Å². The Morgan fingerprint density at radius 2 is 1.83 bits per heavy atom. The molecule has 5 saturated carbocycles. The third kappa shape index (κ3) is 3.62. The molecule has 2 amide bonds. The molecule has 3 N–H and O–H groups in total. The Hall–Kier alpha value is -2.45. The first-order valence-electron chi connectivity index (χ1n) is 17.5. The third-order valence-corrected chi connectivity index (χ3v) is 14.3. The number of imide groups is 1. The van der Waals surface area contributed by atoms with E-state index in [-0.39, 0.29) is 66.6 Å². The van der Waals surface area contributed by atoms with Crippen LogP contribution in [0, 0.1) is 40.4 Å². The predicted octanol–water partition coefficient (Wildman–Crippen LogP) is 1.38. The van der Waals surface area contributed by atoms with Crippen molar-refractivity contribution < 1.29 is 48.7 Å². The number of hydrogen-bond donors (Lipinski definition) is 3. The number of para-hydroxylation sites is 1.